The van der Waals surface area contributed by atoms with Gasteiger partial charge in [0, 0.05) is 23.4 Å². The van der Waals surface area contributed by atoms with Gasteiger partial charge in [-0.25, -0.2) is 0 Å². The van der Waals surface area contributed by atoms with E-state index in [1.807, 2.05) is 77.6 Å². The van der Waals surface area contributed by atoms with Crippen molar-refractivity contribution >= 4 is 32.6 Å². The zero-order chi connectivity index (χ0) is 20.1. The summed E-state index contributed by atoms with van der Waals surface area (Å²) in [6, 6.07) is 21.8. The van der Waals surface area contributed by atoms with Gasteiger partial charge in [-0.2, -0.15) is 5.10 Å². The van der Waals surface area contributed by atoms with Gasteiger partial charge in [0.2, 0.25) is 0 Å². The Morgan fingerprint density at radius 1 is 1.00 bits per heavy atom. The van der Waals surface area contributed by atoms with Crippen LogP contribution in [0.15, 0.2) is 83.6 Å². The zero-order valence-electron chi connectivity index (χ0n) is 15.7. The summed E-state index contributed by atoms with van der Waals surface area (Å²) in [6.45, 7) is 1.09. The summed E-state index contributed by atoms with van der Waals surface area (Å²) >= 11 is 3.47. The third-order valence-corrected chi connectivity index (χ3v) is 5.12. The van der Waals surface area contributed by atoms with Crippen LogP contribution in [0.2, 0.25) is 0 Å². The molecule has 4 rings (SSSR count). The van der Waals surface area contributed by atoms with Gasteiger partial charge in [0.1, 0.15) is 5.75 Å². The van der Waals surface area contributed by atoms with Crippen molar-refractivity contribution in [1.82, 2.24) is 15.1 Å². The normalized spacial score (nSPS) is 10.8. The van der Waals surface area contributed by atoms with Gasteiger partial charge in [-0.3, -0.25) is 9.48 Å². The van der Waals surface area contributed by atoms with Gasteiger partial charge in [0.15, 0.2) is 6.61 Å². The zero-order valence-corrected chi connectivity index (χ0v) is 17.3. The number of halogens is 1. The highest BCUT2D eigenvalue weighted by atomic mass is 79.9. The Labute approximate surface area is 177 Å². The second-order valence-corrected chi connectivity index (χ2v) is 7.61. The van der Waals surface area contributed by atoms with Crippen LogP contribution in [0.1, 0.15) is 11.1 Å². The first-order chi connectivity index (χ1) is 14.2. The van der Waals surface area contributed by atoms with E-state index in [4.69, 9.17) is 4.74 Å². The fraction of sp³-hybridized carbons (Fsp3) is 0.130. The Morgan fingerprint density at radius 2 is 1.79 bits per heavy atom. The van der Waals surface area contributed by atoms with Crippen molar-refractivity contribution in [2.24, 2.45) is 0 Å². The van der Waals surface area contributed by atoms with Crippen molar-refractivity contribution in [3.8, 4) is 5.75 Å². The first-order valence-corrected chi connectivity index (χ1v) is 10.1. The molecule has 0 atom stereocenters. The molecule has 5 nitrogen and oxygen atoms in total. The van der Waals surface area contributed by atoms with Crippen LogP contribution < -0.4 is 10.1 Å². The molecule has 0 aliphatic rings. The Balaban J connectivity index is 1.33. The summed E-state index contributed by atoms with van der Waals surface area (Å²) in [6.07, 6.45) is 3.68. The van der Waals surface area contributed by atoms with Gasteiger partial charge < -0.3 is 10.1 Å². The second-order valence-electron chi connectivity index (χ2n) is 6.69. The quantitative estimate of drug-likeness (QED) is 0.450. The summed E-state index contributed by atoms with van der Waals surface area (Å²) in [5.41, 5.74) is 2.19. The van der Waals surface area contributed by atoms with E-state index in [2.05, 4.69) is 26.3 Å². The molecular formula is C23H20BrN3O2. The molecule has 29 heavy (non-hydrogen) atoms. The lowest BCUT2D eigenvalue weighted by Gasteiger charge is -2.12. The minimum atomic E-state index is -0.158. The lowest BCUT2D eigenvalue weighted by Crippen LogP contribution is -2.28. The molecule has 1 N–H and O–H groups in total. The Bertz CT molecular complexity index is 1130. The molecule has 0 fully saturated rings. The molecule has 0 aliphatic heterocycles. The minimum absolute atomic E-state index is 0.0244. The topological polar surface area (TPSA) is 56.1 Å². The predicted molar refractivity (Wildman–Crippen MR) is 117 cm³/mol. The number of benzene rings is 3. The summed E-state index contributed by atoms with van der Waals surface area (Å²) in [4.78, 5) is 12.3. The van der Waals surface area contributed by atoms with E-state index in [0.717, 1.165) is 26.4 Å². The van der Waals surface area contributed by atoms with Gasteiger partial charge in [-0.15, -0.1) is 0 Å². The molecule has 6 heteroatoms. The van der Waals surface area contributed by atoms with Crippen LogP contribution in [0.4, 0.5) is 0 Å². The fourth-order valence-electron chi connectivity index (χ4n) is 3.13. The molecule has 0 unspecified atom stereocenters. The summed E-state index contributed by atoms with van der Waals surface area (Å²) in [7, 11) is 0. The second kappa shape index (κ2) is 8.92. The molecule has 0 radical (unpaired) electrons. The van der Waals surface area contributed by atoms with Crippen molar-refractivity contribution in [3.63, 3.8) is 0 Å². The standard InChI is InChI=1S/C23H20BrN3O2/c24-21-8-6-18-13-22(9-7-17(18)12-21)29-16-23(28)25-14-19-4-1-2-5-20(19)15-27-11-3-10-26-27/h1-13H,14-16H2,(H,25,28). The molecule has 1 aromatic heterocycles. The number of carbonyl (C=O) groups is 1. The number of hydrogen-bond donors (Lipinski definition) is 1. The average molecular weight is 450 g/mol. The highest BCUT2D eigenvalue weighted by Gasteiger charge is 2.07. The van der Waals surface area contributed by atoms with Crippen LogP contribution in [0.5, 0.6) is 5.75 Å². The summed E-state index contributed by atoms with van der Waals surface area (Å²) in [5, 5.41) is 9.36. The minimum Gasteiger partial charge on any atom is -0.484 e. The molecule has 4 aromatic rings. The number of hydrogen-bond acceptors (Lipinski definition) is 3. The Morgan fingerprint density at radius 3 is 2.62 bits per heavy atom. The average Bonchev–Trinajstić information content (AvgIpc) is 3.24. The highest BCUT2D eigenvalue weighted by molar-refractivity contribution is 9.10. The van der Waals surface area contributed by atoms with E-state index in [1.54, 1.807) is 6.20 Å². The lowest BCUT2D eigenvalue weighted by atomic mass is 10.1. The van der Waals surface area contributed by atoms with Crippen molar-refractivity contribution in [1.29, 1.82) is 0 Å². The molecule has 0 bridgehead atoms. The van der Waals surface area contributed by atoms with Gasteiger partial charge in [0.05, 0.1) is 6.54 Å². The van der Waals surface area contributed by atoms with Gasteiger partial charge >= 0.3 is 0 Å². The molecular weight excluding hydrogens is 430 g/mol. The lowest BCUT2D eigenvalue weighted by molar-refractivity contribution is -0.123. The number of nitrogens with zero attached hydrogens (tertiary/aromatic N) is 2. The Hall–Kier alpha value is -3.12. The van der Waals surface area contributed by atoms with Gasteiger partial charge in [0.25, 0.3) is 5.91 Å². The van der Waals surface area contributed by atoms with Crippen molar-refractivity contribution < 1.29 is 9.53 Å². The maximum atomic E-state index is 12.3. The van der Waals surface area contributed by atoms with E-state index in [1.165, 1.54) is 0 Å². The smallest absolute Gasteiger partial charge is 0.258 e. The number of amides is 1. The van der Waals surface area contributed by atoms with Gasteiger partial charge in [-0.1, -0.05) is 52.3 Å². The van der Waals surface area contributed by atoms with Crippen LogP contribution in [-0.2, 0) is 17.9 Å². The maximum Gasteiger partial charge on any atom is 0.258 e. The largest absolute Gasteiger partial charge is 0.484 e. The van der Waals surface area contributed by atoms with E-state index in [9.17, 15) is 4.79 Å². The third-order valence-electron chi connectivity index (χ3n) is 4.63. The molecule has 146 valence electrons. The molecule has 0 spiro atoms. The molecule has 3 aromatic carbocycles. The maximum absolute atomic E-state index is 12.3. The van der Waals surface area contributed by atoms with Crippen LogP contribution >= 0.6 is 15.9 Å². The van der Waals surface area contributed by atoms with Crippen molar-refractivity contribution in [2.45, 2.75) is 13.1 Å². The van der Waals surface area contributed by atoms with E-state index >= 15 is 0 Å². The monoisotopic (exact) mass is 449 g/mol. The molecule has 1 amide bonds. The van der Waals surface area contributed by atoms with Crippen LogP contribution in [0.3, 0.4) is 0 Å². The third kappa shape index (κ3) is 5.03. The molecule has 0 aliphatic carbocycles. The van der Waals surface area contributed by atoms with E-state index in [-0.39, 0.29) is 12.5 Å². The number of fused-ring (bicyclic) bond motifs is 1. The molecule has 0 saturated carbocycles. The van der Waals surface area contributed by atoms with Gasteiger partial charge in [-0.05, 0) is 52.2 Å². The number of rotatable bonds is 7. The highest BCUT2D eigenvalue weighted by Crippen LogP contribution is 2.24. The molecule has 0 saturated heterocycles. The van der Waals surface area contributed by atoms with Crippen LogP contribution in [-0.4, -0.2) is 22.3 Å². The number of nitrogens with one attached hydrogen (secondary N) is 1. The number of aromatic nitrogens is 2. The predicted octanol–water partition coefficient (Wildman–Crippen LogP) is 4.54. The fourth-order valence-corrected chi connectivity index (χ4v) is 3.51. The number of carbonyl (C=O) groups excluding carboxylic acids is 1. The number of ether oxygens (including phenoxy) is 1. The van der Waals surface area contributed by atoms with E-state index in [0.29, 0.717) is 18.8 Å². The van der Waals surface area contributed by atoms with Crippen molar-refractivity contribution in [3.05, 3.63) is 94.7 Å². The Kier molecular flexibility index (Phi) is 5.91. The SMILES string of the molecule is O=C(COc1ccc2cc(Br)ccc2c1)NCc1ccccc1Cn1cccn1. The van der Waals surface area contributed by atoms with Crippen molar-refractivity contribution in [2.75, 3.05) is 6.61 Å². The summed E-state index contributed by atoms with van der Waals surface area (Å²) < 4.78 is 8.57. The first kappa shape index (κ1) is 19.2. The van der Waals surface area contributed by atoms with Crippen LogP contribution in [0.25, 0.3) is 10.8 Å². The molecule has 1 heterocycles. The summed E-state index contributed by atoms with van der Waals surface area (Å²) in [5.74, 6) is 0.517. The van der Waals surface area contributed by atoms with E-state index < -0.39 is 0 Å². The first-order valence-electron chi connectivity index (χ1n) is 9.30. The van der Waals surface area contributed by atoms with Crippen LogP contribution in [0, 0.1) is 0 Å².